The van der Waals surface area contributed by atoms with Gasteiger partial charge in [-0.05, 0) is 31.0 Å². The number of ether oxygens (including phenoxy) is 2. The van der Waals surface area contributed by atoms with Gasteiger partial charge >= 0.3 is 0 Å². The lowest BCUT2D eigenvalue weighted by atomic mass is 10.1. The Kier molecular flexibility index (Phi) is 2.59. The van der Waals surface area contributed by atoms with E-state index in [1.807, 2.05) is 18.2 Å². The van der Waals surface area contributed by atoms with Crippen molar-refractivity contribution in [1.82, 2.24) is 0 Å². The zero-order valence-corrected chi connectivity index (χ0v) is 8.19. The molecule has 0 spiro atoms. The number of aliphatic hydroxyl groups excluding tert-OH is 1. The van der Waals surface area contributed by atoms with E-state index in [9.17, 15) is 5.11 Å². The van der Waals surface area contributed by atoms with Crippen molar-refractivity contribution >= 4 is 0 Å². The van der Waals surface area contributed by atoms with Crippen LogP contribution in [0, 0.1) is 0 Å². The quantitative estimate of drug-likeness (QED) is 0.773. The third kappa shape index (κ3) is 1.99. The summed E-state index contributed by atoms with van der Waals surface area (Å²) < 4.78 is 10.8. The third-order valence-corrected chi connectivity index (χ3v) is 2.14. The third-order valence-electron chi connectivity index (χ3n) is 2.14. The average Bonchev–Trinajstić information content (AvgIpc) is 2.17. The normalized spacial score (nSPS) is 16.4. The van der Waals surface area contributed by atoms with Gasteiger partial charge in [0.25, 0.3) is 0 Å². The van der Waals surface area contributed by atoms with Gasteiger partial charge in [-0.2, -0.15) is 0 Å². The largest absolute Gasteiger partial charge is 0.486 e. The topological polar surface area (TPSA) is 38.7 Å². The first-order valence-corrected chi connectivity index (χ1v) is 4.82. The minimum atomic E-state index is -0.322. The Hall–Kier alpha value is -1.22. The number of fused-ring (bicyclic) bond motifs is 1. The highest BCUT2D eigenvalue weighted by Gasteiger charge is 2.11. The van der Waals surface area contributed by atoms with E-state index in [2.05, 4.69) is 0 Å². The molecular weight excluding hydrogens is 180 g/mol. The van der Waals surface area contributed by atoms with Crippen LogP contribution in [0.3, 0.4) is 0 Å². The zero-order valence-electron chi connectivity index (χ0n) is 8.19. The van der Waals surface area contributed by atoms with Crippen LogP contribution in [0.4, 0.5) is 0 Å². The van der Waals surface area contributed by atoms with Gasteiger partial charge in [-0.3, -0.25) is 0 Å². The van der Waals surface area contributed by atoms with Crippen molar-refractivity contribution in [3.8, 4) is 11.5 Å². The van der Waals surface area contributed by atoms with Crippen LogP contribution in [0.15, 0.2) is 18.2 Å². The van der Waals surface area contributed by atoms with Crippen molar-refractivity contribution in [2.24, 2.45) is 0 Å². The number of hydrogen-bond donors (Lipinski definition) is 1. The Morgan fingerprint density at radius 2 is 2.00 bits per heavy atom. The monoisotopic (exact) mass is 194 g/mol. The van der Waals surface area contributed by atoms with Crippen LogP contribution in [0.25, 0.3) is 0 Å². The predicted molar refractivity (Wildman–Crippen MR) is 52.8 cm³/mol. The molecule has 0 amide bonds. The maximum atomic E-state index is 9.24. The molecule has 3 nitrogen and oxygen atoms in total. The lowest BCUT2D eigenvalue weighted by Gasteiger charge is -2.19. The molecule has 0 radical (unpaired) electrons. The average molecular weight is 194 g/mol. The van der Waals surface area contributed by atoms with E-state index in [4.69, 9.17) is 9.47 Å². The number of hydrogen-bond acceptors (Lipinski definition) is 3. The first-order valence-electron chi connectivity index (χ1n) is 4.82. The van der Waals surface area contributed by atoms with Gasteiger partial charge in [0.15, 0.2) is 11.5 Å². The summed E-state index contributed by atoms with van der Waals surface area (Å²) in [6, 6.07) is 5.79. The van der Waals surface area contributed by atoms with Crippen molar-refractivity contribution < 1.29 is 14.6 Å². The van der Waals surface area contributed by atoms with E-state index < -0.39 is 0 Å². The Labute approximate surface area is 83.3 Å². The molecule has 1 N–H and O–H groups in total. The van der Waals surface area contributed by atoms with Crippen LogP contribution in [0.1, 0.15) is 12.5 Å². The van der Waals surface area contributed by atoms with Crippen molar-refractivity contribution in [3.63, 3.8) is 0 Å². The number of aliphatic hydroxyl groups is 1. The molecule has 14 heavy (non-hydrogen) atoms. The highest BCUT2D eigenvalue weighted by Crippen LogP contribution is 2.30. The minimum absolute atomic E-state index is 0.322. The van der Waals surface area contributed by atoms with Gasteiger partial charge in [-0.25, -0.2) is 0 Å². The zero-order chi connectivity index (χ0) is 9.97. The van der Waals surface area contributed by atoms with E-state index >= 15 is 0 Å². The SMILES string of the molecule is CC(O)Cc1ccc2c(c1)OCCO2. The fraction of sp³-hybridized carbons (Fsp3) is 0.455. The van der Waals surface area contributed by atoms with Gasteiger partial charge in [-0.15, -0.1) is 0 Å². The second-order valence-electron chi connectivity index (χ2n) is 3.53. The van der Waals surface area contributed by atoms with E-state index in [0.29, 0.717) is 19.6 Å². The minimum Gasteiger partial charge on any atom is -0.486 e. The van der Waals surface area contributed by atoms with Gasteiger partial charge in [0.2, 0.25) is 0 Å². The molecule has 0 saturated carbocycles. The highest BCUT2D eigenvalue weighted by molar-refractivity contribution is 5.43. The molecule has 1 aromatic carbocycles. The summed E-state index contributed by atoms with van der Waals surface area (Å²) in [4.78, 5) is 0. The van der Waals surface area contributed by atoms with Crippen molar-refractivity contribution in [3.05, 3.63) is 23.8 Å². The molecule has 0 aromatic heterocycles. The molecule has 3 heteroatoms. The second kappa shape index (κ2) is 3.88. The lowest BCUT2D eigenvalue weighted by molar-refractivity contribution is 0.170. The molecule has 1 aliphatic rings. The molecule has 0 saturated heterocycles. The summed E-state index contributed by atoms with van der Waals surface area (Å²) in [6.45, 7) is 2.99. The van der Waals surface area contributed by atoms with E-state index in [0.717, 1.165) is 17.1 Å². The van der Waals surface area contributed by atoms with Crippen molar-refractivity contribution in [2.75, 3.05) is 13.2 Å². The molecule has 1 aliphatic heterocycles. The van der Waals surface area contributed by atoms with Crippen molar-refractivity contribution in [2.45, 2.75) is 19.4 Å². The second-order valence-corrected chi connectivity index (χ2v) is 3.53. The summed E-state index contributed by atoms with van der Waals surface area (Å²) in [5.74, 6) is 1.58. The van der Waals surface area contributed by atoms with Crippen LogP contribution in [0.2, 0.25) is 0 Å². The molecule has 1 aromatic rings. The van der Waals surface area contributed by atoms with E-state index in [-0.39, 0.29) is 6.10 Å². The van der Waals surface area contributed by atoms with Gasteiger partial charge in [0.1, 0.15) is 13.2 Å². The molecular formula is C11H14O3. The summed E-state index contributed by atoms with van der Waals surface area (Å²) in [7, 11) is 0. The summed E-state index contributed by atoms with van der Waals surface area (Å²) >= 11 is 0. The first-order chi connectivity index (χ1) is 6.75. The van der Waals surface area contributed by atoms with E-state index in [1.165, 1.54) is 0 Å². The molecule has 0 bridgehead atoms. The van der Waals surface area contributed by atoms with Crippen LogP contribution >= 0.6 is 0 Å². The van der Waals surface area contributed by atoms with Crippen LogP contribution < -0.4 is 9.47 Å². The Balaban J connectivity index is 2.20. The molecule has 1 unspecified atom stereocenters. The number of rotatable bonds is 2. The standard InChI is InChI=1S/C11H14O3/c1-8(12)6-9-2-3-10-11(7-9)14-5-4-13-10/h2-3,7-8,12H,4-6H2,1H3. The first kappa shape index (κ1) is 9.34. The Bertz CT molecular complexity index is 320. The smallest absolute Gasteiger partial charge is 0.161 e. The van der Waals surface area contributed by atoms with Crippen LogP contribution in [0.5, 0.6) is 11.5 Å². The maximum Gasteiger partial charge on any atom is 0.161 e. The van der Waals surface area contributed by atoms with Gasteiger partial charge < -0.3 is 14.6 Å². The van der Waals surface area contributed by atoms with Gasteiger partial charge in [0.05, 0.1) is 6.10 Å². The fourth-order valence-electron chi connectivity index (χ4n) is 1.56. The molecule has 0 aliphatic carbocycles. The van der Waals surface area contributed by atoms with Gasteiger partial charge in [0, 0.05) is 0 Å². The summed E-state index contributed by atoms with van der Waals surface area (Å²) in [6.07, 6.45) is 0.328. The van der Waals surface area contributed by atoms with Crippen LogP contribution in [-0.4, -0.2) is 24.4 Å². The maximum absolute atomic E-state index is 9.24. The summed E-state index contributed by atoms with van der Waals surface area (Å²) in [5, 5.41) is 9.24. The van der Waals surface area contributed by atoms with Crippen molar-refractivity contribution in [1.29, 1.82) is 0 Å². The molecule has 1 heterocycles. The molecule has 2 rings (SSSR count). The Morgan fingerprint density at radius 3 is 2.71 bits per heavy atom. The highest BCUT2D eigenvalue weighted by atomic mass is 16.6. The molecule has 0 fully saturated rings. The Morgan fingerprint density at radius 1 is 1.29 bits per heavy atom. The fourth-order valence-corrected chi connectivity index (χ4v) is 1.56. The molecule has 76 valence electrons. The van der Waals surface area contributed by atoms with Crippen LogP contribution in [-0.2, 0) is 6.42 Å². The van der Waals surface area contributed by atoms with Gasteiger partial charge in [-0.1, -0.05) is 6.07 Å². The number of benzene rings is 1. The molecule has 1 atom stereocenters. The summed E-state index contributed by atoms with van der Waals surface area (Å²) in [5.41, 5.74) is 1.07. The lowest BCUT2D eigenvalue weighted by Crippen LogP contribution is -2.15. The van der Waals surface area contributed by atoms with E-state index in [1.54, 1.807) is 6.92 Å². The predicted octanol–water partition coefficient (Wildman–Crippen LogP) is 1.38.